The van der Waals surface area contributed by atoms with Gasteiger partial charge in [0.05, 0.1) is 11.8 Å². The number of rotatable bonds is 1. The molecule has 72 valence electrons. The van der Waals surface area contributed by atoms with Gasteiger partial charge in [0.15, 0.2) is 5.78 Å². The summed E-state index contributed by atoms with van der Waals surface area (Å²) in [5.74, 6) is 1.49. The van der Waals surface area contributed by atoms with E-state index >= 15 is 0 Å². The standard InChI is InChI=1S/C9H13NO2S/c11-7-3-4-10(6-7)9(12)8-2-1-5-13-8/h8H,1-6H2. The molecule has 0 aromatic rings. The van der Waals surface area contributed by atoms with Crippen LogP contribution in [-0.4, -0.2) is 40.7 Å². The third-order valence-corrected chi connectivity index (χ3v) is 3.91. The zero-order valence-electron chi connectivity index (χ0n) is 7.49. The van der Waals surface area contributed by atoms with Crippen molar-refractivity contribution in [1.29, 1.82) is 0 Å². The minimum Gasteiger partial charge on any atom is -0.334 e. The van der Waals surface area contributed by atoms with Gasteiger partial charge < -0.3 is 4.90 Å². The Balaban J connectivity index is 1.92. The summed E-state index contributed by atoms with van der Waals surface area (Å²) in [5.41, 5.74) is 0. The van der Waals surface area contributed by atoms with Crippen LogP contribution in [0.15, 0.2) is 0 Å². The van der Waals surface area contributed by atoms with Gasteiger partial charge in [-0.3, -0.25) is 9.59 Å². The van der Waals surface area contributed by atoms with Crippen molar-refractivity contribution in [3.63, 3.8) is 0 Å². The first kappa shape index (κ1) is 9.06. The van der Waals surface area contributed by atoms with Crippen molar-refractivity contribution < 1.29 is 9.59 Å². The van der Waals surface area contributed by atoms with Gasteiger partial charge >= 0.3 is 0 Å². The molecule has 1 amide bonds. The lowest BCUT2D eigenvalue weighted by atomic mass is 10.2. The molecule has 1 unspecified atom stereocenters. The maximum absolute atomic E-state index is 11.7. The summed E-state index contributed by atoms with van der Waals surface area (Å²) >= 11 is 1.74. The topological polar surface area (TPSA) is 37.4 Å². The number of thioether (sulfide) groups is 1. The summed E-state index contributed by atoms with van der Waals surface area (Å²) in [7, 11) is 0. The van der Waals surface area contributed by atoms with Gasteiger partial charge in [-0.15, -0.1) is 11.8 Å². The first-order valence-electron chi connectivity index (χ1n) is 4.69. The highest BCUT2D eigenvalue weighted by Crippen LogP contribution is 2.28. The molecular formula is C9H13NO2S. The molecule has 2 aliphatic rings. The fourth-order valence-electron chi connectivity index (χ4n) is 1.79. The molecule has 2 rings (SSSR count). The van der Waals surface area contributed by atoms with E-state index in [2.05, 4.69) is 0 Å². The lowest BCUT2D eigenvalue weighted by Crippen LogP contribution is -2.35. The van der Waals surface area contributed by atoms with Gasteiger partial charge in [0, 0.05) is 13.0 Å². The maximum Gasteiger partial charge on any atom is 0.236 e. The van der Waals surface area contributed by atoms with Gasteiger partial charge in [-0.05, 0) is 18.6 Å². The molecule has 1 atom stereocenters. The van der Waals surface area contributed by atoms with Crippen molar-refractivity contribution in [3.05, 3.63) is 0 Å². The highest BCUT2D eigenvalue weighted by Gasteiger charge is 2.31. The summed E-state index contributed by atoms with van der Waals surface area (Å²) < 4.78 is 0. The molecular weight excluding hydrogens is 186 g/mol. The van der Waals surface area contributed by atoms with Gasteiger partial charge in [-0.1, -0.05) is 0 Å². The van der Waals surface area contributed by atoms with Gasteiger partial charge in [-0.2, -0.15) is 0 Å². The Labute approximate surface area is 81.9 Å². The van der Waals surface area contributed by atoms with E-state index in [0.29, 0.717) is 19.5 Å². The van der Waals surface area contributed by atoms with E-state index in [1.165, 1.54) is 0 Å². The predicted octanol–water partition coefficient (Wildman–Crippen LogP) is 0.683. The largest absolute Gasteiger partial charge is 0.334 e. The molecule has 2 heterocycles. The number of carbonyl (C=O) groups excluding carboxylic acids is 2. The summed E-state index contributed by atoms with van der Waals surface area (Å²) in [6, 6.07) is 0. The Morgan fingerprint density at radius 3 is 2.92 bits per heavy atom. The van der Waals surface area contributed by atoms with E-state index in [0.717, 1.165) is 18.6 Å². The fraction of sp³-hybridized carbons (Fsp3) is 0.778. The number of ketones is 1. The number of carbonyl (C=O) groups is 2. The number of hydrogen-bond acceptors (Lipinski definition) is 3. The van der Waals surface area contributed by atoms with Crippen LogP contribution in [0.2, 0.25) is 0 Å². The SMILES string of the molecule is O=C1CCN(C(=O)C2CCCS2)C1. The summed E-state index contributed by atoms with van der Waals surface area (Å²) in [5, 5.41) is 0.144. The molecule has 0 aliphatic carbocycles. The van der Waals surface area contributed by atoms with E-state index in [-0.39, 0.29) is 16.9 Å². The van der Waals surface area contributed by atoms with Crippen molar-refractivity contribution >= 4 is 23.5 Å². The van der Waals surface area contributed by atoms with Gasteiger partial charge in [0.25, 0.3) is 0 Å². The predicted molar refractivity (Wildman–Crippen MR) is 51.7 cm³/mol. The average Bonchev–Trinajstić information content (AvgIpc) is 2.72. The first-order valence-corrected chi connectivity index (χ1v) is 5.74. The van der Waals surface area contributed by atoms with E-state index in [1.54, 1.807) is 16.7 Å². The molecule has 2 aliphatic heterocycles. The normalized spacial score (nSPS) is 28.5. The van der Waals surface area contributed by atoms with Crippen LogP contribution in [0.4, 0.5) is 0 Å². The Morgan fingerprint density at radius 2 is 2.38 bits per heavy atom. The van der Waals surface area contributed by atoms with Crippen LogP contribution in [0.25, 0.3) is 0 Å². The van der Waals surface area contributed by atoms with Gasteiger partial charge in [0.1, 0.15) is 0 Å². The zero-order chi connectivity index (χ0) is 9.26. The highest BCUT2D eigenvalue weighted by atomic mass is 32.2. The van der Waals surface area contributed by atoms with Crippen LogP contribution >= 0.6 is 11.8 Å². The van der Waals surface area contributed by atoms with E-state index < -0.39 is 0 Å². The first-order chi connectivity index (χ1) is 6.27. The van der Waals surface area contributed by atoms with Crippen LogP contribution < -0.4 is 0 Å². The summed E-state index contributed by atoms with van der Waals surface area (Å²) in [6.07, 6.45) is 2.69. The van der Waals surface area contributed by atoms with Crippen LogP contribution in [0.1, 0.15) is 19.3 Å². The molecule has 2 saturated heterocycles. The number of amides is 1. The third-order valence-electron chi connectivity index (χ3n) is 2.54. The maximum atomic E-state index is 11.7. The van der Waals surface area contributed by atoms with E-state index in [1.807, 2.05) is 0 Å². The number of Topliss-reactive ketones (excluding diaryl/α,β-unsaturated/α-hetero) is 1. The molecule has 0 saturated carbocycles. The van der Waals surface area contributed by atoms with Crippen molar-refractivity contribution in [3.8, 4) is 0 Å². The number of likely N-dealkylation sites (tertiary alicyclic amines) is 1. The van der Waals surface area contributed by atoms with Crippen LogP contribution in [0.5, 0.6) is 0 Å². The number of nitrogens with zero attached hydrogens (tertiary/aromatic N) is 1. The smallest absolute Gasteiger partial charge is 0.236 e. The molecule has 2 fully saturated rings. The number of hydrogen-bond donors (Lipinski definition) is 0. The second kappa shape index (κ2) is 3.70. The Kier molecular flexibility index (Phi) is 2.58. The molecule has 0 spiro atoms. The van der Waals surface area contributed by atoms with Crippen LogP contribution in [0, 0.1) is 0 Å². The molecule has 3 nitrogen and oxygen atoms in total. The molecule has 0 N–H and O–H groups in total. The van der Waals surface area contributed by atoms with Crippen molar-refractivity contribution in [2.45, 2.75) is 24.5 Å². The third kappa shape index (κ3) is 1.88. The van der Waals surface area contributed by atoms with Gasteiger partial charge in [0.2, 0.25) is 5.91 Å². The minimum atomic E-state index is 0.144. The highest BCUT2D eigenvalue weighted by molar-refractivity contribution is 8.00. The van der Waals surface area contributed by atoms with Crippen molar-refractivity contribution in [2.24, 2.45) is 0 Å². The molecule has 0 radical (unpaired) electrons. The lowest BCUT2D eigenvalue weighted by molar-refractivity contribution is -0.131. The summed E-state index contributed by atoms with van der Waals surface area (Å²) in [4.78, 5) is 24.4. The molecule has 4 heteroatoms. The van der Waals surface area contributed by atoms with Crippen molar-refractivity contribution in [2.75, 3.05) is 18.8 Å². The lowest BCUT2D eigenvalue weighted by Gasteiger charge is -2.17. The van der Waals surface area contributed by atoms with Crippen molar-refractivity contribution in [1.82, 2.24) is 4.90 Å². The van der Waals surface area contributed by atoms with Crippen LogP contribution in [0.3, 0.4) is 0 Å². The van der Waals surface area contributed by atoms with Gasteiger partial charge in [-0.25, -0.2) is 0 Å². The summed E-state index contributed by atoms with van der Waals surface area (Å²) in [6.45, 7) is 1.00. The molecule has 0 aromatic heterocycles. The molecule has 13 heavy (non-hydrogen) atoms. The molecule has 0 bridgehead atoms. The molecule has 0 aromatic carbocycles. The Morgan fingerprint density at radius 1 is 1.54 bits per heavy atom. The zero-order valence-corrected chi connectivity index (χ0v) is 8.31. The monoisotopic (exact) mass is 199 g/mol. The fourth-order valence-corrected chi connectivity index (χ4v) is 3.04. The second-order valence-electron chi connectivity index (χ2n) is 3.55. The quantitative estimate of drug-likeness (QED) is 0.623. The Bertz CT molecular complexity index is 236. The second-order valence-corrected chi connectivity index (χ2v) is 4.86. The van der Waals surface area contributed by atoms with E-state index in [4.69, 9.17) is 0 Å². The van der Waals surface area contributed by atoms with Crippen LogP contribution in [-0.2, 0) is 9.59 Å². The minimum absolute atomic E-state index is 0.144. The Hall–Kier alpha value is -0.510. The van der Waals surface area contributed by atoms with E-state index in [9.17, 15) is 9.59 Å². The average molecular weight is 199 g/mol.